The molecule has 1 saturated heterocycles. The third-order valence-electron chi connectivity index (χ3n) is 7.44. The van der Waals surface area contributed by atoms with Crippen molar-refractivity contribution in [1.82, 2.24) is 4.90 Å². The standard InChI is InChI=1S/C34H34N4O6/c1-3-43-34(40)26-9-14-31(37-19-17-36(18-20-37)23-25-7-5-4-6-8-25)30(22-26)35-33(39)16-12-28-11-15-32(44-28)29-13-10-27(38(41)42)21-24(29)2/h4-16,21-22H,3,17-20,23H2,1-2H3,(H,35,39)/b16-12+. The molecule has 226 valence electrons. The molecule has 10 nitrogen and oxygen atoms in total. The van der Waals surface area contributed by atoms with E-state index in [9.17, 15) is 19.7 Å². The number of anilines is 2. The van der Waals surface area contributed by atoms with Gasteiger partial charge in [0, 0.05) is 56.5 Å². The first-order valence-corrected chi connectivity index (χ1v) is 14.5. The summed E-state index contributed by atoms with van der Waals surface area (Å²) < 4.78 is 11.1. The van der Waals surface area contributed by atoms with Gasteiger partial charge < -0.3 is 19.4 Å². The molecule has 0 bridgehead atoms. The largest absolute Gasteiger partial charge is 0.462 e. The maximum Gasteiger partial charge on any atom is 0.338 e. The summed E-state index contributed by atoms with van der Waals surface area (Å²) in [5.74, 6) is 0.137. The van der Waals surface area contributed by atoms with E-state index in [1.165, 1.54) is 23.8 Å². The Morgan fingerprint density at radius 1 is 1.00 bits per heavy atom. The van der Waals surface area contributed by atoms with Crippen molar-refractivity contribution in [2.75, 3.05) is 43.0 Å². The number of hydrogen-bond donors (Lipinski definition) is 1. The Morgan fingerprint density at radius 2 is 1.77 bits per heavy atom. The Bertz CT molecular complexity index is 1670. The second-order valence-electron chi connectivity index (χ2n) is 10.5. The number of nitro groups is 1. The molecule has 1 aliphatic rings. The molecule has 0 atom stereocenters. The minimum atomic E-state index is -0.456. The van der Waals surface area contributed by atoms with Gasteiger partial charge in [-0.2, -0.15) is 0 Å². The van der Waals surface area contributed by atoms with Gasteiger partial charge in [-0.1, -0.05) is 30.3 Å². The lowest BCUT2D eigenvalue weighted by Gasteiger charge is -2.37. The molecule has 44 heavy (non-hydrogen) atoms. The zero-order valence-corrected chi connectivity index (χ0v) is 24.7. The Balaban J connectivity index is 1.29. The number of benzene rings is 3. The highest BCUT2D eigenvalue weighted by molar-refractivity contribution is 6.05. The average Bonchev–Trinajstić information content (AvgIpc) is 3.50. The molecular formula is C34H34N4O6. The van der Waals surface area contributed by atoms with Crippen LogP contribution in [-0.4, -0.2) is 54.5 Å². The number of ether oxygens (including phenoxy) is 1. The van der Waals surface area contributed by atoms with Crippen LogP contribution in [-0.2, 0) is 16.1 Å². The maximum absolute atomic E-state index is 13.1. The van der Waals surface area contributed by atoms with Gasteiger partial charge in [-0.15, -0.1) is 0 Å². The van der Waals surface area contributed by atoms with Gasteiger partial charge in [0.25, 0.3) is 5.69 Å². The van der Waals surface area contributed by atoms with Crippen LogP contribution in [0.15, 0.2) is 89.4 Å². The quantitative estimate of drug-likeness (QED) is 0.0982. The number of carbonyl (C=O) groups excluding carboxylic acids is 2. The number of aryl methyl sites for hydroxylation is 1. The number of esters is 1. The summed E-state index contributed by atoms with van der Waals surface area (Å²) in [6, 6.07) is 23.6. The van der Waals surface area contributed by atoms with E-state index in [0.29, 0.717) is 28.3 Å². The molecule has 5 rings (SSSR count). The summed E-state index contributed by atoms with van der Waals surface area (Å²) in [6.45, 7) is 7.90. The molecule has 0 radical (unpaired) electrons. The van der Waals surface area contributed by atoms with Gasteiger partial charge in [0.2, 0.25) is 5.91 Å². The molecule has 1 aliphatic heterocycles. The van der Waals surface area contributed by atoms with Crippen LogP contribution in [0.3, 0.4) is 0 Å². The minimum Gasteiger partial charge on any atom is -0.462 e. The van der Waals surface area contributed by atoms with Crippen molar-refractivity contribution in [2.24, 2.45) is 0 Å². The van der Waals surface area contributed by atoms with E-state index in [0.717, 1.165) is 44.0 Å². The third kappa shape index (κ3) is 7.40. The summed E-state index contributed by atoms with van der Waals surface area (Å²) in [4.78, 5) is 40.8. The molecule has 0 unspecified atom stereocenters. The van der Waals surface area contributed by atoms with E-state index in [-0.39, 0.29) is 18.2 Å². The fourth-order valence-electron chi connectivity index (χ4n) is 5.20. The molecule has 0 aliphatic carbocycles. The van der Waals surface area contributed by atoms with Crippen molar-refractivity contribution < 1.29 is 23.7 Å². The van der Waals surface area contributed by atoms with Crippen LogP contribution in [0.2, 0.25) is 0 Å². The van der Waals surface area contributed by atoms with Crippen molar-refractivity contribution in [3.8, 4) is 11.3 Å². The van der Waals surface area contributed by atoms with Crippen LogP contribution < -0.4 is 10.2 Å². The minimum absolute atomic E-state index is 0.00931. The van der Waals surface area contributed by atoms with Crippen molar-refractivity contribution in [2.45, 2.75) is 20.4 Å². The lowest BCUT2D eigenvalue weighted by molar-refractivity contribution is -0.384. The van der Waals surface area contributed by atoms with Gasteiger partial charge in [-0.25, -0.2) is 4.79 Å². The first-order chi connectivity index (χ1) is 21.3. The van der Waals surface area contributed by atoms with E-state index in [1.54, 1.807) is 50.3 Å². The fourth-order valence-corrected chi connectivity index (χ4v) is 5.20. The number of nitrogens with one attached hydrogen (secondary N) is 1. The van der Waals surface area contributed by atoms with Crippen molar-refractivity contribution in [1.29, 1.82) is 0 Å². The lowest BCUT2D eigenvalue weighted by Crippen LogP contribution is -2.46. The highest BCUT2D eigenvalue weighted by atomic mass is 16.6. The van der Waals surface area contributed by atoms with Crippen LogP contribution in [0.4, 0.5) is 17.1 Å². The Hall–Kier alpha value is -5.22. The summed E-state index contributed by atoms with van der Waals surface area (Å²) in [6.07, 6.45) is 2.92. The smallest absolute Gasteiger partial charge is 0.338 e. The van der Waals surface area contributed by atoms with Gasteiger partial charge in [0.1, 0.15) is 11.5 Å². The molecule has 1 fully saturated rings. The fraction of sp³-hybridized carbons (Fsp3) is 0.235. The highest BCUT2D eigenvalue weighted by Crippen LogP contribution is 2.30. The normalized spacial score (nSPS) is 13.6. The molecule has 2 heterocycles. The van der Waals surface area contributed by atoms with E-state index >= 15 is 0 Å². The first kappa shape index (κ1) is 30.2. The topological polar surface area (TPSA) is 118 Å². The molecule has 1 N–H and O–H groups in total. The SMILES string of the molecule is CCOC(=O)c1ccc(N2CCN(Cc3ccccc3)CC2)c(NC(=O)/C=C/c2ccc(-c3ccc([N+](=O)[O-])cc3C)o2)c1. The lowest BCUT2D eigenvalue weighted by atomic mass is 10.1. The molecule has 0 saturated carbocycles. The first-order valence-electron chi connectivity index (χ1n) is 14.5. The Morgan fingerprint density at radius 3 is 2.48 bits per heavy atom. The molecular weight excluding hydrogens is 560 g/mol. The zero-order valence-electron chi connectivity index (χ0n) is 24.7. The van der Waals surface area contributed by atoms with Crippen LogP contribution in [0, 0.1) is 17.0 Å². The number of hydrogen-bond acceptors (Lipinski definition) is 8. The number of piperazine rings is 1. The predicted molar refractivity (Wildman–Crippen MR) is 170 cm³/mol. The Labute approximate surface area is 255 Å². The Kier molecular flexibility index (Phi) is 9.51. The maximum atomic E-state index is 13.1. The van der Waals surface area contributed by atoms with E-state index < -0.39 is 10.9 Å². The van der Waals surface area contributed by atoms with Crippen LogP contribution in [0.5, 0.6) is 0 Å². The second kappa shape index (κ2) is 13.8. The van der Waals surface area contributed by atoms with Crippen molar-refractivity contribution in [3.05, 3.63) is 118 Å². The number of furan rings is 1. The average molecular weight is 595 g/mol. The van der Waals surface area contributed by atoms with Crippen LogP contribution >= 0.6 is 0 Å². The van der Waals surface area contributed by atoms with Crippen molar-refractivity contribution in [3.63, 3.8) is 0 Å². The van der Waals surface area contributed by atoms with Gasteiger partial charge >= 0.3 is 5.97 Å². The monoisotopic (exact) mass is 594 g/mol. The third-order valence-corrected chi connectivity index (χ3v) is 7.44. The number of amides is 1. The molecule has 3 aromatic carbocycles. The summed E-state index contributed by atoms with van der Waals surface area (Å²) >= 11 is 0. The van der Waals surface area contributed by atoms with Crippen LogP contribution in [0.1, 0.15) is 34.2 Å². The molecule has 10 heteroatoms. The predicted octanol–water partition coefficient (Wildman–Crippen LogP) is 6.31. The number of carbonyl (C=O) groups is 2. The summed E-state index contributed by atoms with van der Waals surface area (Å²) in [7, 11) is 0. The van der Waals surface area contributed by atoms with E-state index in [2.05, 4.69) is 27.2 Å². The molecule has 1 amide bonds. The zero-order chi connectivity index (χ0) is 31.1. The molecule has 4 aromatic rings. The van der Waals surface area contributed by atoms with E-state index in [4.69, 9.17) is 9.15 Å². The van der Waals surface area contributed by atoms with Gasteiger partial charge in [-0.05, 0) is 67.4 Å². The van der Waals surface area contributed by atoms with E-state index in [1.807, 2.05) is 24.3 Å². The number of nitrogens with zero attached hydrogens (tertiary/aromatic N) is 3. The summed E-state index contributed by atoms with van der Waals surface area (Å²) in [5.41, 5.74) is 4.41. The van der Waals surface area contributed by atoms with Gasteiger partial charge in [0.05, 0.1) is 28.5 Å². The number of nitro benzene ring substituents is 1. The van der Waals surface area contributed by atoms with Crippen LogP contribution in [0.25, 0.3) is 17.4 Å². The number of rotatable bonds is 10. The number of non-ortho nitro benzene ring substituents is 1. The molecule has 1 aromatic heterocycles. The van der Waals surface area contributed by atoms with Crippen molar-refractivity contribution >= 4 is 35.0 Å². The highest BCUT2D eigenvalue weighted by Gasteiger charge is 2.21. The molecule has 0 spiro atoms. The van der Waals surface area contributed by atoms with Gasteiger partial charge in [-0.3, -0.25) is 19.8 Å². The second-order valence-corrected chi connectivity index (χ2v) is 10.5. The summed E-state index contributed by atoms with van der Waals surface area (Å²) in [5, 5.41) is 14.0. The van der Waals surface area contributed by atoms with Gasteiger partial charge in [0.15, 0.2) is 0 Å².